The maximum atomic E-state index is 13.0. The average Bonchev–Trinajstić information content (AvgIpc) is 2.49. The average molecular weight is 418 g/mol. The molecule has 1 aliphatic rings. The summed E-state index contributed by atoms with van der Waals surface area (Å²) in [7, 11) is 0. The standard InChI is InChI=1S/C15H20BrF3N2O.ClH/c16-13-4-3-11(15(17,18)19)10-12(13)14(2-1-9-22)21-7-5-20-6-8-21;/h3-4,10,14,20,22H,1-2,5-9H2;1H/t14-;/m1./s1. The summed E-state index contributed by atoms with van der Waals surface area (Å²) >= 11 is 3.38. The smallest absolute Gasteiger partial charge is 0.396 e. The van der Waals surface area contributed by atoms with Gasteiger partial charge in [0.25, 0.3) is 0 Å². The summed E-state index contributed by atoms with van der Waals surface area (Å²) in [4.78, 5) is 2.19. The molecule has 0 unspecified atom stereocenters. The Morgan fingerprint density at radius 1 is 1.26 bits per heavy atom. The molecule has 0 radical (unpaired) electrons. The number of hydrogen-bond acceptors (Lipinski definition) is 3. The third kappa shape index (κ3) is 5.60. The first-order chi connectivity index (χ1) is 10.4. The van der Waals surface area contributed by atoms with Gasteiger partial charge in [0.1, 0.15) is 0 Å². The lowest BCUT2D eigenvalue weighted by molar-refractivity contribution is -0.137. The number of nitrogens with zero attached hydrogens (tertiary/aromatic N) is 1. The largest absolute Gasteiger partial charge is 0.416 e. The van der Waals surface area contributed by atoms with Crippen LogP contribution in [0.3, 0.4) is 0 Å². The van der Waals surface area contributed by atoms with Gasteiger partial charge in [-0.1, -0.05) is 15.9 Å². The van der Waals surface area contributed by atoms with Crippen LogP contribution in [0.5, 0.6) is 0 Å². The zero-order valence-electron chi connectivity index (χ0n) is 12.6. The topological polar surface area (TPSA) is 35.5 Å². The number of aliphatic hydroxyl groups excluding tert-OH is 1. The third-order valence-corrected chi connectivity index (χ3v) is 4.63. The number of alkyl halides is 3. The van der Waals surface area contributed by atoms with Crippen LogP contribution in [0.25, 0.3) is 0 Å². The van der Waals surface area contributed by atoms with Crippen LogP contribution in [-0.4, -0.2) is 42.8 Å². The molecule has 1 saturated heterocycles. The van der Waals surface area contributed by atoms with Crippen molar-refractivity contribution in [3.8, 4) is 0 Å². The Morgan fingerprint density at radius 3 is 2.48 bits per heavy atom. The van der Waals surface area contributed by atoms with Crippen LogP contribution >= 0.6 is 28.3 Å². The first-order valence-electron chi connectivity index (χ1n) is 7.35. The van der Waals surface area contributed by atoms with Gasteiger partial charge in [0, 0.05) is 43.3 Å². The van der Waals surface area contributed by atoms with Gasteiger partial charge in [-0.25, -0.2) is 0 Å². The monoisotopic (exact) mass is 416 g/mol. The summed E-state index contributed by atoms with van der Waals surface area (Å²) in [6.45, 7) is 3.27. The molecule has 132 valence electrons. The SMILES string of the molecule is Cl.OCCC[C@H](c1cc(C(F)(F)F)ccc1Br)N1CCNCC1. The molecule has 0 saturated carbocycles. The molecule has 8 heteroatoms. The summed E-state index contributed by atoms with van der Waals surface area (Å²) in [5.41, 5.74) is 0.0139. The van der Waals surface area contributed by atoms with Crippen LogP contribution in [0.15, 0.2) is 22.7 Å². The molecular weight excluding hydrogens is 397 g/mol. The van der Waals surface area contributed by atoms with Crippen LogP contribution in [0.2, 0.25) is 0 Å². The molecular formula is C15H21BrClF3N2O. The number of rotatable bonds is 5. The fourth-order valence-electron chi connectivity index (χ4n) is 2.79. The van der Waals surface area contributed by atoms with Crippen LogP contribution in [0.4, 0.5) is 13.2 Å². The van der Waals surface area contributed by atoms with E-state index < -0.39 is 11.7 Å². The molecule has 0 aromatic heterocycles. The minimum Gasteiger partial charge on any atom is -0.396 e. The molecule has 2 rings (SSSR count). The van der Waals surface area contributed by atoms with Gasteiger partial charge in [-0.3, -0.25) is 4.90 Å². The Bertz CT molecular complexity index is 496. The van der Waals surface area contributed by atoms with E-state index in [9.17, 15) is 13.2 Å². The fourth-order valence-corrected chi connectivity index (χ4v) is 3.30. The number of hydrogen-bond donors (Lipinski definition) is 2. The first kappa shape index (κ1) is 20.7. The van der Waals surface area contributed by atoms with Gasteiger partial charge < -0.3 is 10.4 Å². The Morgan fingerprint density at radius 2 is 1.91 bits per heavy atom. The van der Waals surface area contributed by atoms with Crippen molar-refractivity contribution in [2.75, 3.05) is 32.8 Å². The Balaban J connectivity index is 0.00000264. The Kier molecular flexibility index (Phi) is 8.30. The maximum Gasteiger partial charge on any atom is 0.416 e. The second kappa shape index (κ2) is 9.22. The molecule has 1 aromatic carbocycles. The molecule has 2 N–H and O–H groups in total. The second-order valence-corrected chi connectivity index (χ2v) is 6.26. The molecule has 1 heterocycles. The second-order valence-electron chi connectivity index (χ2n) is 5.40. The summed E-state index contributed by atoms with van der Waals surface area (Å²) in [6, 6.07) is 3.67. The fraction of sp³-hybridized carbons (Fsp3) is 0.600. The summed E-state index contributed by atoms with van der Waals surface area (Å²) < 4.78 is 39.6. The van der Waals surface area contributed by atoms with Crippen LogP contribution < -0.4 is 5.32 Å². The predicted molar refractivity (Wildman–Crippen MR) is 89.9 cm³/mol. The van der Waals surface area contributed by atoms with Gasteiger partial charge in [0.15, 0.2) is 0 Å². The van der Waals surface area contributed by atoms with Gasteiger partial charge in [0.05, 0.1) is 5.56 Å². The zero-order valence-corrected chi connectivity index (χ0v) is 15.0. The molecule has 0 amide bonds. The van der Waals surface area contributed by atoms with E-state index in [2.05, 4.69) is 26.1 Å². The molecule has 1 aromatic rings. The van der Waals surface area contributed by atoms with Crippen LogP contribution in [0.1, 0.15) is 30.0 Å². The van der Waals surface area contributed by atoms with Gasteiger partial charge in [-0.15, -0.1) is 12.4 Å². The van der Waals surface area contributed by atoms with Crippen molar-refractivity contribution in [2.24, 2.45) is 0 Å². The van der Waals surface area contributed by atoms with E-state index in [0.29, 0.717) is 22.9 Å². The lowest BCUT2D eigenvalue weighted by Crippen LogP contribution is -2.45. The predicted octanol–water partition coefficient (Wildman–Crippen LogP) is 3.61. The minimum absolute atomic E-state index is 0. The Hall–Kier alpha value is -0.340. The normalized spacial score (nSPS) is 17.6. The summed E-state index contributed by atoms with van der Waals surface area (Å²) in [6.07, 6.45) is -3.14. The molecule has 0 aliphatic carbocycles. The van der Waals surface area contributed by atoms with Crippen molar-refractivity contribution in [1.29, 1.82) is 0 Å². The van der Waals surface area contributed by atoms with E-state index in [4.69, 9.17) is 5.11 Å². The lowest BCUT2D eigenvalue weighted by Gasteiger charge is -2.36. The summed E-state index contributed by atoms with van der Waals surface area (Å²) in [5.74, 6) is 0. The van der Waals surface area contributed by atoms with Crippen LogP contribution in [0, 0.1) is 0 Å². The van der Waals surface area contributed by atoms with E-state index in [1.807, 2.05) is 0 Å². The van der Waals surface area contributed by atoms with Gasteiger partial charge in [-0.2, -0.15) is 13.2 Å². The van der Waals surface area contributed by atoms with Crippen molar-refractivity contribution in [3.05, 3.63) is 33.8 Å². The van der Waals surface area contributed by atoms with Crippen molar-refractivity contribution in [1.82, 2.24) is 10.2 Å². The minimum atomic E-state index is -4.35. The van der Waals surface area contributed by atoms with Crippen molar-refractivity contribution in [2.45, 2.75) is 25.1 Å². The number of aliphatic hydroxyl groups is 1. The molecule has 1 atom stereocenters. The van der Waals surface area contributed by atoms with E-state index in [0.717, 1.165) is 32.2 Å². The number of piperazine rings is 1. The first-order valence-corrected chi connectivity index (χ1v) is 8.15. The molecule has 1 aliphatic heterocycles. The van der Waals surface area contributed by atoms with Crippen molar-refractivity contribution in [3.63, 3.8) is 0 Å². The highest BCUT2D eigenvalue weighted by Gasteiger charge is 2.32. The lowest BCUT2D eigenvalue weighted by atomic mass is 9.97. The van der Waals surface area contributed by atoms with E-state index in [-0.39, 0.29) is 25.1 Å². The number of benzene rings is 1. The highest BCUT2D eigenvalue weighted by atomic mass is 79.9. The molecule has 23 heavy (non-hydrogen) atoms. The molecule has 3 nitrogen and oxygen atoms in total. The van der Waals surface area contributed by atoms with Crippen molar-refractivity contribution < 1.29 is 18.3 Å². The van der Waals surface area contributed by atoms with Gasteiger partial charge in [-0.05, 0) is 36.6 Å². The van der Waals surface area contributed by atoms with E-state index in [1.165, 1.54) is 12.1 Å². The molecule has 0 spiro atoms. The quantitative estimate of drug-likeness (QED) is 0.768. The molecule has 0 bridgehead atoms. The van der Waals surface area contributed by atoms with E-state index >= 15 is 0 Å². The van der Waals surface area contributed by atoms with Gasteiger partial charge >= 0.3 is 6.18 Å². The van der Waals surface area contributed by atoms with Crippen molar-refractivity contribution >= 4 is 28.3 Å². The van der Waals surface area contributed by atoms with Crippen LogP contribution in [-0.2, 0) is 6.18 Å². The third-order valence-electron chi connectivity index (χ3n) is 3.91. The molecule has 1 fully saturated rings. The highest BCUT2D eigenvalue weighted by Crippen LogP contribution is 2.37. The number of nitrogens with one attached hydrogen (secondary N) is 1. The van der Waals surface area contributed by atoms with Gasteiger partial charge in [0.2, 0.25) is 0 Å². The highest BCUT2D eigenvalue weighted by molar-refractivity contribution is 9.10. The Labute approximate surface area is 148 Å². The zero-order chi connectivity index (χ0) is 16.2. The maximum absolute atomic E-state index is 13.0. The number of halogens is 5. The summed E-state index contributed by atoms with van der Waals surface area (Å²) in [5, 5.41) is 12.3. The van der Waals surface area contributed by atoms with E-state index in [1.54, 1.807) is 0 Å².